The van der Waals surface area contributed by atoms with Crippen LogP contribution in [0.15, 0.2) is 48.5 Å². The van der Waals surface area contributed by atoms with E-state index in [-0.39, 0.29) is 0 Å². The Morgan fingerprint density at radius 2 is 0.950 bits per heavy atom. The molecule has 0 fully saturated rings. The first kappa shape index (κ1) is 15.6. The van der Waals surface area contributed by atoms with Crippen molar-refractivity contribution < 1.29 is 30.0 Å². The number of fused-ring (bicyclic) bond motifs is 1. The highest BCUT2D eigenvalue weighted by atomic mass is 16.4. The van der Waals surface area contributed by atoms with Gasteiger partial charge < -0.3 is 20.4 Å². The van der Waals surface area contributed by atoms with Crippen LogP contribution in [-0.4, -0.2) is 44.6 Å². The third kappa shape index (κ3) is 4.34. The zero-order valence-corrected chi connectivity index (χ0v) is 10.4. The van der Waals surface area contributed by atoms with Gasteiger partial charge in [-0.15, -0.1) is 0 Å². The van der Waals surface area contributed by atoms with Crippen LogP contribution >= 0.6 is 0 Å². The fraction of sp³-hybridized carbons (Fsp3) is 0.143. The van der Waals surface area contributed by atoms with E-state index in [2.05, 4.69) is 48.5 Å². The molecule has 0 aliphatic rings. The van der Waals surface area contributed by atoms with Crippen molar-refractivity contribution in [2.24, 2.45) is 0 Å². The number of aliphatic hydroxyl groups excluding tert-OH is 2. The first-order valence-electron chi connectivity index (χ1n) is 5.69. The normalized spacial score (nSPS) is 12.9. The van der Waals surface area contributed by atoms with Crippen molar-refractivity contribution in [2.75, 3.05) is 0 Å². The summed E-state index contributed by atoms with van der Waals surface area (Å²) < 4.78 is 0. The maximum absolute atomic E-state index is 9.77. The SMILES string of the molecule is O=C(O)C(O)C(O)C(=O)O.c1ccc2ccccc2c1. The molecule has 2 atom stereocenters. The van der Waals surface area contributed by atoms with Crippen molar-refractivity contribution >= 4 is 22.7 Å². The Balaban J connectivity index is 0.000000200. The molecule has 0 saturated heterocycles. The molecule has 0 aromatic heterocycles. The van der Waals surface area contributed by atoms with E-state index >= 15 is 0 Å². The van der Waals surface area contributed by atoms with Gasteiger partial charge in [-0.3, -0.25) is 0 Å². The van der Waals surface area contributed by atoms with Crippen LogP contribution in [0.1, 0.15) is 0 Å². The van der Waals surface area contributed by atoms with Crippen LogP contribution in [0, 0.1) is 0 Å². The first-order chi connectivity index (χ1) is 9.43. The molecule has 0 amide bonds. The fourth-order valence-electron chi connectivity index (χ4n) is 1.40. The van der Waals surface area contributed by atoms with E-state index < -0.39 is 24.1 Å². The zero-order chi connectivity index (χ0) is 15.1. The van der Waals surface area contributed by atoms with E-state index in [4.69, 9.17) is 20.4 Å². The number of carboxylic acid groups (broad SMARTS) is 2. The van der Waals surface area contributed by atoms with Gasteiger partial charge in [-0.25, -0.2) is 9.59 Å². The summed E-state index contributed by atoms with van der Waals surface area (Å²) in [4.78, 5) is 19.5. The third-order valence-corrected chi connectivity index (χ3v) is 2.46. The highest BCUT2D eigenvalue weighted by Crippen LogP contribution is 2.11. The van der Waals surface area contributed by atoms with Crippen molar-refractivity contribution in [1.29, 1.82) is 0 Å². The molecule has 2 unspecified atom stereocenters. The molecular formula is C14H14O6. The predicted octanol–water partition coefficient (Wildman–Crippen LogP) is 0.717. The Labute approximate surface area is 114 Å². The standard InChI is InChI=1S/C10H8.C4H6O6/c1-2-6-10-8-4-3-7-9(10)5-1;5-1(3(7)8)2(6)4(9)10/h1-8H;1-2,5-6H,(H,7,8)(H,9,10). The van der Waals surface area contributed by atoms with Crippen molar-refractivity contribution in [2.45, 2.75) is 12.2 Å². The van der Waals surface area contributed by atoms with E-state index in [0.29, 0.717) is 0 Å². The summed E-state index contributed by atoms with van der Waals surface area (Å²) in [7, 11) is 0. The molecule has 106 valence electrons. The molecule has 20 heavy (non-hydrogen) atoms. The molecule has 0 radical (unpaired) electrons. The van der Waals surface area contributed by atoms with E-state index in [1.165, 1.54) is 10.8 Å². The van der Waals surface area contributed by atoms with Crippen LogP contribution in [0.2, 0.25) is 0 Å². The molecule has 0 bridgehead atoms. The number of hydrogen-bond acceptors (Lipinski definition) is 4. The Kier molecular flexibility index (Phi) is 5.64. The van der Waals surface area contributed by atoms with E-state index in [9.17, 15) is 9.59 Å². The number of benzene rings is 2. The Hall–Kier alpha value is -2.44. The van der Waals surface area contributed by atoms with Gasteiger partial charge in [0.2, 0.25) is 0 Å². The van der Waals surface area contributed by atoms with Crippen molar-refractivity contribution in [1.82, 2.24) is 0 Å². The van der Waals surface area contributed by atoms with Crippen LogP contribution in [0.3, 0.4) is 0 Å². The van der Waals surface area contributed by atoms with Gasteiger partial charge in [-0.05, 0) is 10.8 Å². The average Bonchev–Trinajstić information content (AvgIpc) is 2.46. The van der Waals surface area contributed by atoms with Crippen molar-refractivity contribution in [3.63, 3.8) is 0 Å². The minimum absolute atomic E-state index is 1.31. The lowest BCUT2D eigenvalue weighted by Crippen LogP contribution is -2.39. The number of aliphatic carboxylic acids is 2. The minimum Gasteiger partial charge on any atom is -0.479 e. The summed E-state index contributed by atoms with van der Waals surface area (Å²) >= 11 is 0. The maximum atomic E-state index is 9.77. The smallest absolute Gasteiger partial charge is 0.335 e. The molecule has 2 aromatic carbocycles. The summed E-state index contributed by atoms with van der Waals surface area (Å²) in [6.45, 7) is 0. The van der Waals surface area contributed by atoms with Gasteiger partial charge in [-0.1, -0.05) is 48.5 Å². The van der Waals surface area contributed by atoms with Gasteiger partial charge in [0.05, 0.1) is 0 Å². The van der Waals surface area contributed by atoms with Gasteiger partial charge in [0, 0.05) is 0 Å². The summed E-state index contributed by atoms with van der Waals surface area (Å²) in [5, 5.41) is 35.1. The topological polar surface area (TPSA) is 115 Å². The molecule has 6 nitrogen and oxygen atoms in total. The van der Waals surface area contributed by atoms with Gasteiger partial charge in [0.1, 0.15) is 0 Å². The van der Waals surface area contributed by atoms with Gasteiger partial charge >= 0.3 is 11.9 Å². The molecule has 4 N–H and O–H groups in total. The molecule has 0 aliphatic carbocycles. The Bertz CT molecular complexity index is 511. The third-order valence-electron chi connectivity index (χ3n) is 2.46. The van der Waals surface area contributed by atoms with Crippen LogP contribution < -0.4 is 0 Å². The van der Waals surface area contributed by atoms with Crippen molar-refractivity contribution in [3.8, 4) is 0 Å². The lowest BCUT2D eigenvalue weighted by Gasteiger charge is -2.07. The average molecular weight is 278 g/mol. The molecule has 0 spiro atoms. The van der Waals surface area contributed by atoms with E-state index in [1.807, 2.05) is 0 Å². The summed E-state index contributed by atoms with van der Waals surface area (Å²) in [5.41, 5.74) is 0. The van der Waals surface area contributed by atoms with Crippen LogP contribution in [0.5, 0.6) is 0 Å². The summed E-state index contributed by atoms with van der Waals surface area (Å²) in [5.74, 6) is -3.54. The number of aliphatic hydroxyl groups is 2. The lowest BCUT2D eigenvalue weighted by molar-refractivity contribution is -0.165. The monoisotopic (exact) mass is 278 g/mol. The number of hydrogen-bond donors (Lipinski definition) is 4. The Morgan fingerprint density at radius 1 is 0.700 bits per heavy atom. The first-order valence-corrected chi connectivity index (χ1v) is 5.69. The summed E-state index contributed by atoms with van der Waals surface area (Å²) in [6, 6.07) is 16.7. The molecule has 0 heterocycles. The highest BCUT2D eigenvalue weighted by molar-refractivity contribution is 5.83. The second-order valence-electron chi connectivity index (χ2n) is 3.91. The minimum atomic E-state index is -2.27. The molecule has 2 aromatic rings. The second kappa shape index (κ2) is 7.22. The van der Waals surface area contributed by atoms with Crippen LogP contribution in [0.25, 0.3) is 10.8 Å². The maximum Gasteiger partial charge on any atom is 0.335 e. The summed E-state index contributed by atoms with van der Waals surface area (Å²) in [6.07, 6.45) is -4.53. The quantitative estimate of drug-likeness (QED) is 0.657. The molecule has 2 rings (SSSR count). The molecule has 0 saturated carbocycles. The fourth-order valence-corrected chi connectivity index (χ4v) is 1.40. The van der Waals surface area contributed by atoms with Crippen LogP contribution in [-0.2, 0) is 9.59 Å². The molecular weight excluding hydrogens is 264 g/mol. The largest absolute Gasteiger partial charge is 0.479 e. The second-order valence-corrected chi connectivity index (χ2v) is 3.91. The number of carboxylic acids is 2. The molecule has 6 heteroatoms. The van der Waals surface area contributed by atoms with E-state index in [1.54, 1.807) is 0 Å². The predicted molar refractivity (Wildman–Crippen MR) is 71.2 cm³/mol. The molecule has 0 aliphatic heterocycles. The zero-order valence-electron chi connectivity index (χ0n) is 10.4. The number of carbonyl (C=O) groups is 2. The van der Waals surface area contributed by atoms with Gasteiger partial charge in [0.15, 0.2) is 12.2 Å². The van der Waals surface area contributed by atoms with Crippen molar-refractivity contribution in [3.05, 3.63) is 48.5 Å². The van der Waals surface area contributed by atoms with Gasteiger partial charge in [-0.2, -0.15) is 0 Å². The van der Waals surface area contributed by atoms with E-state index in [0.717, 1.165) is 0 Å². The Morgan fingerprint density at radius 3 is 1.15 bits per heavy atom. The van der Waals surface area contributed by atoms with Gasteiger partial charge in [0.25, 0.3) is 0 Å². The highest BCUT2D eigenvalue weighted by Gasteiger charge is 2.29. The van der Waals surface area contributed by atoms with Crippen LogP contribution in [0.4, 0.5) is 0 Å². The number of rotatable bonds is 3. The lowest BCUT2D eigenvalue weighted by atomic mass is 10.1.